The first-order valence-electron chi connectivity index (χ1n) is 9.68. The number of fused-ring (bicyclic) bond motifs is 1. The predicted molar refractivity (Wildman–Crippen MR) is 112 cm³/mol. The number of aromatic nitrogens is 2. The molecule has 2 aromatic carbocycles. The van der Waals surface area contributed by atoms with E-state index in [1.807, 2.05) is 6.07 Å². The number of amides is 2. The zero-order chi connectivity index (χ0) is 22.2. The Labute approximate surface area is 176 Å². The van der Waals surface area contributed by atoms with Crippen LogP contribution in [-0.2, 0) is 31.3 Å². The number of nitrogens with zero attached hydrogens (tertiary/aromatic N) is 2. The van der Waals surface area contributed by atoms with Crippen molar-refractivity contribution in [2.24, 2.45) is 0 Å². The van der Waals surface area contributed by atoms with Crippen LogP contribution < -0.4 is 16.6 Å². The van der Waals surface area contributed by atoms with Crippen LogP contribution in [0, 0.1) is 6.92 Å². The van der Waals surface area contributed by atoms with Crippen LogP contribution in [-0.4, -0.2) is 27.3 Å². The lowest BCUT2D eigenvalue weighted by Crippen LogP contribution is -2.62. The standard InChI is InChI=1S/C22H20N4O5/c1-13-24-17-8-7-15(23)11-16(17)19(28)26(13)22(10-9-18(27)25-20(22)29)21(30)31-12-14-5-3-2-4-6-14/h2-8,11H,9-10,12,23H2,1H3,(H,25,27,29)/t22-/m0/s1. The molecule has 0 unspecified atom stereocenters. The fourth-order valence-electron chi connectivity index (χ4n) is 3.81. The minimum Gasteiger partial charge on any atom is -0.459 e. The Morgan fingerprint density at radius 1 is 1.19 bits per heavy atom. The van der Waals surface area contributed by atoms with Crippen LogP contribution in [0.15, 0.2) is 53.3 Å². The van der Waals surface area contributed by atoms with E-state index in [1.165, 1.54) is 13.0 Å². The second-order valence-corrected chi connectivity index (χ2v) is 7.38. The highest BCUT2D eigenvalue weighted by Gasteiger charge is 2.54. The summed E-state index contributed by atoms with van der Waals surface area (Å²) in [6.45, 7) is 1.43. The van der Waals surface area contributed by atoms with E-state index in [-0.39, 0.29) is 30.7 Å². The lowest BCUT2D eigenvalue weighted by atomic mass is 9.87. The maximum Gasteiger partial charge on any atom is 0.342 e. The molecule has 1 atom stereocenters. The Morgan fingerprint density at radius 3 is 2.65 bits per heavy atom. The molecule has 1 saturated heterocycles. The highest BCUT2D eigenvalue weighted by atomic mass is 16.5. The first kappa shape index (κ1) is 20.3. The number of piperidine rings is 1. The molecule has 4 rings (SSSR count). The summed E-state index contributed by atoms with van der Waals surface area (Å²) < 4.78 is 6.47. The van der Waals surface area contributed by atoms with Crippen molar-refractivity contribution >= 4 is 34.4 Å². The van der Waals surface area contributed by atoms with Gasteiger partial charge in [0, 0.05) is 12.1 Å². The fraction of sp³-hybridized carbons (Fsp3) is 0.227. The number of hydrogen-bond donors (Lipinski definition) is 2. The van der Waals surface area contributed by atoms with Gasteiger partial charge in [0.25, 0.3) is 11.5 Å². The molecule has 1 aliphatic rings. The summed E-state index contributed by atoms with van der Waals surface area (Å²) in [4.78, 5) is 56.0. The molecule has 9 heteroatoms. The van der Waals surface area contributed by atoms with Gasteiger partial charge >= 0.3 is 5.97 Å². The van der Waals surface area contributed by atoms with Crippen LogP contribution in [0.3, 0.4) is 0 Å². The van der Waals surface area contributed by atoms with Gasteiger partial charge in [-0.3, -0.25) is 24.3 Å². The Balaban J connectivity index is 1.86. The molecular formula is C22H20N4O5. The van der Waals surface area contributed by atoms with Crippen molar-refractivity contribution in [2.45, 2.75) is 31.9 Å². The summed E-state index contributed by atoms with van der Waals surface area (Å²) in [5.41, 5.74) is 4.58. The number of imide groups is 1. The van der Waals surface area contributed by atoms with E-state index in [0.29, 0.717) is 16.8 Å². The van der Waals surface area contributed by atoms with Gasteiger partial charge in [-0.1, -0.05) is 30.3 Å². The Kier molecular flexibility index (Phi) is 5.02. The van der Waals surface area contributed by atoms with E-state index >= 15 is 0 Å². The molecule has 0 aliphatic carbocycles. The van der Waals surface area contributed by atoms with Crippen molar-refractivity contribution < 1.29 is 19.1 Å². The molecule has 1 fully saturated rings. The molecule has 1 aliphatic heterocycles. The minimum atomic E-state index is -2.06. The van der Waals surface area contributed by atoms with Crippen molar-refractivity contribution in [2.75, 3.05) is 5.73 Å². The smallest absolute Gasteiger partial charge is 0.342 e. The zero-order valence-electron chi connectivity index (χ0n) is 16.8. The van der Waals surface area contributed by atoms with Gasteiger partial charge < -0.3 is 10.5 Å². The number of hydrogen-bond acceptors (Lipinski definition) is 7. The Morgan fingerprint density at radius 2 is 1.94 bits per heavy atom. The molecule has 0 saturated carbocycles. The van der Waals surface area contributed by atoms with Gasteiger partial charge in [-0.25, -0.2) is 9.78 Å². The number of ether oxygens (including phenoxy) is 1. The van der Waals surface area contributed by atoms with Gasteiger partial charge in [-0.2, -0.15) is 0 Å². The van der Waals surface area contributed by atoms with Crippen LogP contribution >= 0.6 is 0 Å². The van der Waals surface area contributed by atoms with Gasteiger partial charge in [-0.05, 0) is 37.1 Å². The number of anilines is 1. The quantitative estimate of drug-likeness (QED) is 0.280. The molecule has 0 bridgehead atoms. The maximum absolute atomic E-state index is 13.4. The first-order valence-corrected chi connectivity index (χ1v) is 9.68. The summed E-state index contributed by atoms with van der Waals surface area (Å²) in [5.74, 6) is -2.24. The number of nitrogen functional groups attached to an aromatic ring is 1. The Bertz CT molecular complexity index is 1270. The minimum absolute atomic E-state index is 0.0929. The molecule has 0 radical (unpaired) electrons. The van der Waals surface area contributed by atoms with Crippen LogP contribution in [0.5, 0.6) is 0 Å². The molecule has 2 heterocycles. The first-order chi connectivity index (χ1) is 14.8. The average molecular weight is 420 g/mol. The molecule has 0 spiro atoms. The van der Waals surface area contributed by atoms with Crippen LogP contribution in [0.1, 0.15) is 24.2 Å². The van der Waals surface area contributed by atoms with Gasteiger partial charge in [0.2, 0.25) is 11.4 Å². The zero-order valence-corrected chi connectivity index (χ0v) is 16.8. The highest BCUT2D eigenvalue weighted by molar-refractivity contribution is 6.13. The van der Waals surface area contributed by atoms with E-state index < -0.39 is 28.9 Å². The van der Waals surface area contributed by atoms with Crippen molar-refractivity contribution in [3.63, 3.8) is 0 Å². The fourth-order valence-corrected chi connectivity index (χ4v) is 3.81. The third-order valence-electron chi connectivity index (χ3n) is 5.33. The topological polar surface area (TPSA) is 133 Å². The number of nitrogens with two attached hydrogens (primary N) is 1. The van der Waals surface area contributed by atoms with Gasteiger partial charge in [0.05, 0.1) is 10.9 Å². The predicted octanol–water partition coefficient (Wildman–Crippen LogP) is 1.16. The van der Waals surface area contributed by atoms with Crippen LogP contribution in [0.2, 0.25) is 0 Å². The number of aryl methyl sites for hydroxylation is 1. The van der Waals surface area contributed by atoms with Crippen molar-refractivity contribution in [3.05, 3.63) is 70.3 Å². The van der Waals surface area contributed by atoms with E-state index in [0.717, 1.165) is 4.57 Å². The number of carbonyl (C=O) groups excluding carboxylic acids is 3. The Hall–Kier alpha value is -4.01. The SMILES string of the molecule is Cc1nc2ccc(N)cc2c(=O)n1[C@@]1(C(=O)OCc2ccccc2)CCC(=O)NC1=O. The van der Waals surface area contributed by atoms with Gasteiger partial charge in [0.15, 0.2) is 0 Å². The van der Waals surface area contributed by atoms with Crippen LogP contribution in [0.25, 0.3) is 10.9 Å². The lowest BCUT2D eigenvalue weighted by Gasteiger charge is -2.35. The molecule has 31 heavy (non-hydrogen) atoms. The highest BCUT2D eigenvalue weighted by Crippen LogP contribution is 2.30. The summed E-state index contributed by atoms with van der Waals surface area (Å²) >= 11 is 0. The third kappa shape index (κ3) is 3.43. The molecule has 2 amide bonds. The molecule has 9 nitrogen and oxygen atoms in total. The van der Waals surface area contributed by atoms with E-state index in [1.54, 1.807) is 36.4 Å². The number of esters is 1. The summed E-state index contributed by atoms with van der Waals surface area (Å²) in [5, 5.41) is 2.33. The lowest BCUT2D eigenvalue weighted by molar-refractivity contribution is -0.164. The summed E-state index contributed by atoms with van der Waals surface area (Å²) in [7, 11) is 0. The molecule has 1 aromatic heterocycles. The van der Waals surface area contributed by atoms with Crippen molar-refractivity contribution in [1.29, 1.82) is 0 Å². The monoisotopic (exact) mass is 420 g/mol. The van der Waals surface area contributed by atoms with Gasteiger partial charge in [0.1, 0.15) is 12.4 Å². The van der Waals surface area contributed by atoms with Crippen molar-refractivity contribution in [3.8, 4) is 0 Å². The average Bonchev–Trinajstić information content (AvgIpc) is 2.75. The third-order valence-corrected chi connectivity index (χ3v) is 5.33. The number of rotatable bonds is 4. The number of benzene rings is 2. The summed E-state index contributed by atoms with van der Waals surface area (Å²) in [6, 6.07) is 13.6. The van der Waals surface area contributed by atoms with E-state index in [2.05, 4.69) is 10.3 Å². The van der Waals surface area contributed by atoms with E-state index in [4.69, 9.17) is 10.5 Å². The molecular weight excluding hydrogens is 400 g/mol. The maximum atomic E-state index is 13.4. The molecule has 158 valence electrons. The molecule has 3 N–H and O–H groups in total. The summed E-state index contributed by atoms with van der Waals surface area (Å²) in [6.07, 6.45) is -0.353. The number of carbonyl (C=O) groups is 3. The van der Waals surface area contributed by atoms with Gasteiger partial charge in [-0.15, -0.1) is 0 Å². The van der Waals surface area contributed by atoms with Crippen molar-refractivity contribution in [1.82, 2.24) is 14.9 Å². The second-order valence-electron chi connectivity index (χ2n) is 7.38. The molecule has 3 aromatic rings. The van der Waals surface area contributed by atoms with Crippen LogP contribution in [0.4, 0.5) is 5.69 Å². The normalized spacial score (nSPS) is 18.6. The largest absolute Gasteiger partial charge is 0.459 e. The number of nitrogens with one attached hydrogen (secondary N) is 1. The van der Waals surface area contributed by atoms with E-state index in [9.17, 15) is 19.2 Å². The second kappa shape index (κ2) is 7.67.